The molecule has 22 heavy (non-hydrogen) atoms. The molecule has 1 amide bonds. The molecule has 0 bridgehead atoms. The van der Waals surface area contributed by atoms with Crippen molar-refractivity contribution < 1.29 is 19.1 Å². The van der Waals surface area contributed by atoms with Gasteiger partial charge in [0.2, 0.25) is 5.91 Å². The molecule has 0 aliphatic heterocycles. The number of hydrogen-bond donors (Lipinski definition) is 0. The van der Waals surface area contributed by atoms with Gasteiger partial charge in [-0.1, -0.05) is 0 Å². The zero-order chi connectivity index (χ0) is 16.9. The number of aryl methyl sites for hydroxylation is 2. The van der Waals surface area contributed by atoms with E-state index in [0.717, 1.165) is 17.0 Å². The van der Waals surface area contributed by atoms with Gasteiger partial charge in [0.1, 0.15) is 6.54 Å². The van der Waals surface area contributed by atoms with Crippen LogP contribution in [0.5, 0.6) is 0 Å². The summed E-state index contributed by atoms with van der Waals surface area (Å²) in [6, 6.07) is 0. The number of ether oxygens (including phenoxy) is 2. The number of esters is 1. The summed E-state index contributed by atoms with van der Waals surface area (Å²) >= 11 is 0. The van der Waals surface area contributed by atoms with Crippen molar-refractivity contribution in [1.29, 1.82) is 0 Å². The topological polar surface area (TPSA) is 73.7 Å². The highest BCUT2D eigenvalue weighted by atomic mass is 16.5. The Morgan fingerprint density at radius 1 is 1.32 bits per heavy atom. The highest BCUT2D eigenvalue weighted by molar-refractivity contribution is 5.87. The lowest BCUT2D eigenvalue weighted by atomic mass is 9.97. The molecule has 7 heteroatoms. The van der Waals surface area contributed by atoms with Crippen LogP contribution in [0.3, 0.4) is 0 Å². The summed E-state index contributed by atoms with van der Waals surface area (Å²) in [5, 5.41) is 4.34. The summed E-state index contributed by atoms with van der Waals surface area (Å²) in [6.07, 6.45) is 0. The molecule has 0 radical (unpaired) electrons. The summed E-state index contributed by atoms with van der Waals surface area (Å²) in [5.74, 6) is -0.965. The fraction of sp³-hybridized carbons (Fsp3) is 0.667. The number of methoxy groups -OCH3 is 2. The van der Waals surface area contributed by atoms with Gasteiger partial charge in [-0.15, -0.1) is 0 Å². The SMILES string of the molecule is COCCN(CC(=O)OC)C(=O)C(C)c1c(C)nn(C)c1C. The monoisotopic (exact) mass is 311 g/mol. The first kappa shape index (κ1) is 18.2. The van der Waals surface area contributed by atoms with Crippen LogP contribution >= 0.6 is 0 Å². The van der Waals surface area contributed by atoms with Gasteiger partial charge in [0.15, 0.2) is 0 Å². The molecule has 1 aromatic heterocycles. The van der Waals surface area contributed by atoms with Crippen molar-refractivity contribution in [1.82, 2.24) is 14.7 Å². The third kappa shape index (κ3) is 4.07. The smallest absolute Gasteiger partial charge is 0.325 e. The average Bonchev–Trinajstić information content (AvgIpc) is 2.74. The first-order chi connectivity index (χ1) is 10.3. The molecule has 1 aromatic rings. The van der Waals surface area contributed by atoms with E-state index in [2.05, 4.69) is 9.84 Å². The second-order valence-electron chi connectivity index (χ2n) is 5.26. The summed E-state index contributed by atoms with van der Waals surface area (Å²) in [5.41, 5.74) is 2.67. The second kappa shape index (κ2) is 7.93. The zero-order valence-electron chi connectivity index (χ0n) is 14.2. The molecule has 0 saturated heterocycles. The Balaban J connectivity index is 2.98. The summed E-state index contributed by atoms with van der Waals surface area (Å²) < 4.78 is 11.4. The molecule has 124 valence electrons. The van der Waals surface area contributed by atoms with E-state index in [1.165, 1.54) is 12.0 Å². The van der Waals surface area contributed by atoms with Crippen LogP contribution in [0.25, 0.3) is 0 Å². The molecule has 1 unspecified atom stereocenters. The number of amides is 1. The molecular formula is C15H25N3O4. The van der Waals surface area contributed by atoms with E-state index in [0.29, 0.717) is 13.2 Å². The van der Waals surface area contributed by atoms with Crippen molar-refractivity contribution in [3.63, 3.8) is 0 Å². The first-order valence-electron chi connectivity index (χ1n) is 7.18. The zero-order valence-corrected chi connectivity index (χ0v) is 14.2. The van der Waals surface area contributed by atoms with Crippen molar-refractivity contribution in [2.24, 2.45) is 7.05 Å². The fourth-order valence-electron chi connectivity index (χ4n) is 2.50. The Morgan fingerprint density at radius 3 is 2.41 bits per heavy atom. The number of nitrogens with zero attached hydrogens (tertiary/aromatic N) is 3. The fourth-order valence-corrected chi connectivity index (χ4v) is 2.50. The van der Waals surface area contributed by atoms with Crippen LogP contribution in [0.15, 0.2) is 0 Å². The molecule has 0 saturated carbocycles. The van der Waals surface area contributed by atoms with Gasteiger partial charge >= 0.3 is 5.97 Å². The van der Waals surface area contributed by atoms with Crippen molar-refractivity contribution in [2.45, 2.75) is 26.7 Å². The van der Waals surface area contributed by atoms with Crippen LogP contribution in [0, 0.1) is 13.8 Å². The number of aromatic nitrogens is 2. The lowest BCUT2D eigenvalue weighted by Gasteiger charge is -2.24. The van der Waals surface area contributed by atoms with Gasteiger partial charge in [0.05, 0.1) is 25.3 Å². The highest BCUT2D eigenvalue weighted by Crippen LogP contribution is 2.24. The molecule has 0 aromatic carbocycles. The molecule has 1 heterocycles. The lowest BCUT2D eigenvalue weighted by molar-refractivity contribution is -0.147. The minimum absolute atomic E-state index is 0.0820. The van der Waals surface area contributed by atoms with Crippen LogP contribution in [-0.2, 0) is 26.1 Å². The van der Waals surface area contributed by atoms with E-state index < -0.39 is 5.97 Å². The van der Waals surface area contributed by atoms with E-state index in [1.54, 1.807) is 11.8 Å². The van der Waals surface area contributed by atoms with E-state index in [9.17, 15) is 9.59 Å². The quantitative estimate of drug-likeness (QED) is 0.696. The maximum Gasteiger partial charge on any atom is 0.325 e. The number of rotatable bonds is 7. The third-order valence-electron chi connectivity index (χ3n) is 3.79. The second-order valence-corrected chi connectivity index (χ2v) is 5.26. The normalized spacial score (nSPS) is 12.1. The lowest BCUT2D eigenvalue weighted by Crippen LogP contribution is -2.40. The van der Waals surface area contributed by atoms with Crippen LogP contribution < -0.4 is 0 Å². The van der Waals surface area contributed by atoms with Crippen molar-refractivity contribution in [2.75, 3.05) is 33.9 Å². The molecule has 0 fully saturated rings. The van der Waals surface area contributed by atoms with Gasteiger partial charge in [-0.05, 0) is 20.8 Å². The third-order valence-corrected chi connectivity index (χ3v) is 3.79. The van der Waals surface area contributed by atoms with Gasteiger partial charge in [-0.25, -0.2) is 0 Å². The summed E-state index contributed by atoms with van der Waals surface area (Å²) in [6.45, 7) is 6.26. The van der Waals surface area contributed by atoms with Crippen molar-refractivity contribution >= 4 is 11.9 Å². The van der Waals surface area contributed by atoms with Crippen molar-refractivity contribution in [3.8, 4) is 0 Å². The molecule has 7 nitrogen and oxygen atoms in total. The number of carbonyl (C=O) groups excluding carboxylic acids is 2. The van der Waals surface area contributed by atoms with Gasteiger partial charge in [-0.2, -0.15) is 5.10 Å². The Hall–Kier alpha value is -1.89. The predicted molar refractivity (Wildman–Crippen MR) is 81.6 cm³/mol. The first-order valence-corrected chi connectivity index (χ1v) is 7.18. The Kier molecular flexibility index (Phi) is 6.55. The van der Waals surface area contributed by atoms with E-state index in [1.807, 2.05) is 27.8 Å². The predicted octanol–water partition coefficient (Wildman–Crippen LogP) is 0.788. The Labute approximate surface area is 131 Å². The van der Waals surface area contributed by atoms with Crippen LogP contribution in [-0.4, -0.2) is 60.5 Å². The molecule has 0 aliphatic rings. The number of hydrogen-bond acceptors (Lipinski definition) is 5. The van der Waals surface area contributed by atoms with Crippen molar-refractivity contribution in [3.05, 3.63) is 17.0 Å². The van der Waals surface area contributed by atoms with Crippen LogP contribution in [0.1, 0.15) is 29.8 Å². The van der Waals surface area contributed by atoms with E-state index >= 15 is 0 Å². The molecular weight excluding hydrogens is 286 g/mol. The molecule has 1 rings (SSSR count). The number of carbonyl (C=O) groups is 2. The van der Waals surface area contributed by atoms with Gasteiger partial charge in [-0.3, -0.25) is 14.3 Å². The molecule has 0 spiro atoms. The van der Waals surface area contributed by atoms with Crippen LogP contribution in [0.2, 0.25) is 0 Å². The van der Waals surface area contributed by atoms with Gasteiger partial charge in [0, 0.05) is 32.0 Å². The minimum Gasteiger partial charge on any atom is -0.468 e. The summed E-state index contributed by atoms with van der Waals surface area (Å²) in [4.78, 5) is 25.7. The standard InChI is InChI=1S/C15H25N3O4/c1-10(14-11(2)16-17(4)12(14)3)15(20)18(7-8-21-5)9-13(19)22-6/h10H,7-9H2,1-6H3. The highest BCUT2D eigenvalue weighted by Gasteiger charge is 2.28. The van der Waals surface area contributed by atoms with Gasteiger partial charge in [0.25, 0.3) is 0 Å². The molecule has 1 atom stereocenters. The molecule has 0 N–H and O–H groups in total. The van der Waals surface area contributed by atoms with Gasteiger partial charge < -0.3 is 14.4 Å². The Bertz CT molecular complexity index is 539. The largest absolute Gasteiger partial charge is 0.468 e. The molecule has 0 aliphatic carbocycles. The summed E-state index contributed by atoms with van der Waals surface area (Å²) in [7, 11) is 4.71. The average molecular weight is 311 g/mol. The van der Waals surface area contributed by atoms with E-state index in [4.69, 9.17) is 4.74 Å². The minimum atomic E-state index is -0.448. The Morgan fingerprint density at radius 2 is 1.95 bits per heavy atom. The van der Waals surface area contributed by atoms with E-state index in [-0.39, 0.29) is 18.4 Å². The maximum atomic E-state index is 12.7. The van der Waals surface area contributed by atoms with Crippen LogP contribution in [0.4, 0.5) is 0 Å². The maximum absolute atomic E-state index is 12.7.